The summed E-state index contributed by atoms with van der Waals surface area (Å²) in [5.74, 6) is -0.605. The molecule has 1 heterocycles. The molecule has 0 radical (unpaired) electrons. The summed E-state index contributed by atoms with van der Waals surface area (Å²) in [5.41, 5.74) is 0.0350. The first-order valence-corrected chi connectivity index (χ1v) is 3.46. The van der Waals surface area contributed by atoms with Gasteiger partial charge in [0.25, 0.3) is 0 Å². The fourth-order valence-electron chi connectivity index (χ4n) is 0.731. The van der Waals surface area contributed by atoms with E-state index in [1.54, 1.807) is 6.92 Å². The van der Waals surface area contributed by atoms with E-state index in [2.05, 4.69) is 14.4 Å². The first-order valence-electron chi connectivity index (χ1n) is 3.46. The number of carbonyl (C=O) groups is 1. The zero-order valence-corrected chi connectivity index (χ0v) is 6.54. The van der Waals surface area contributed by atoms with Crippen LogP contribution in [0.5, 0.6) is 0 Å². The summed E-state index contributed by atoms with van der Waals surface area (Å²) in [6, 6.07) is 0. The number of alkyl halides is 1. The molecule has 0 aromatic carbocycles. The van der Waals surface area contributed by atoms with Crippen LogP contribution in [0.1, 0.15) is 23.0 Å². The van der Waals surface area contributed by atoms with Gasteiger partial charge in [-0.2, -0.15) is 0 Å². The third-order valence-electron chi connectivity index (χ3n) is 1.27. The Labute approximate surface area is 68.3 Å². The molecule has 0 saturated heterocycles. The van der Waals surface area contributed by atoms with E-state index in [1.165, 1.54) is 0 Å². The van der Waals surface area contributed by atoms with E-state index in [9.17, 15) is 9.18 Å². The van der Waals surface area contributed by atoms with Crippen LogP contribution in [0.4, 0.5) is 4.39 Å². The molecular formula is C7H8FNO3. The summed E-state index contributed by atoms with van der Waals surface area (Å²) < 4.78 is 21.1. The first-order chi connectivity index (χ1) is 5.79. The van der Waals surface area contributed by atoms with E-state index in [1.807, 2.05) is 0 Å². The van der Waals surface area contributed by atoms with Gasteiger partial charge in [0.15, 0.2) is 0 Å². The predicted molar refractivity (Wildman–Crippen MR) is 37.3 cm³/mol. The van der Waals surface area contributed by atoms with Gasteiger partial charge in [0.05, 0.1) is 6.61 Å². The summed E-state index contributed by atoms with van der Waals surface area (Å²) in [6.45, 7) is 1.08. The number of halogens is 1. The Bertz CT molecular complexity index is 271. The van der Waals surface area contributed by atoms with Gasteiger partial charge in [-0.3, -0.25) is 0 Å². The summed E-state index contributed by atoms with van der Waals surface area (Å²) in [4.78, 5) is 11.0. The minimum Gasteiger partial charge on any atom is -0.462 e. The molecule has 1 aromatic heterocycles. The molecule has 4 nitrogen and oxygen atoms in total. The molecule has 0 atom stereocenters. The first kappa shape index (κ1) is 8.70. The van der Waals surface area contributed by atoms with Gasteiger partial charge in [-0.1, -0.05) is 5.16 Å². The van der Waals surface area contributed by atoms with Crippen LogP contribution in [0.25, 0.3) is 0 Å². The van der Waals surface area contributed by atoms with Crippen molar-refractivity contribution in [1.82, 2.24) is 5.16 Å². The molecule has 1 aromatic rings. The van der Waals surface area contributed by atoms with E-state index in [-0.39, 0.29) is 17.9 Å². The lowest BCUT2D eigenvalue weighted by Crippen LogP contribution is -2.05. The molecule has 0 aliphatic carbocycles. The van der Waals surface area contributed by atoms with E-state index >= 15 is 0 Å². The highest BCUT2D eigenvalue weighted by molar-refractivity contribution is 5.90. The number of hydrogen-bond donors (Lipinski definition) is 0. The highest BCUT2D eigenvalue weighted by atomic mass is 19.1. The predicted octanol–water partition coefficient (Wildman–Crippen LogP) is 1.32. The van der Waals surface area contributed by atoms with Crippen molar-refractivity contribution < 1.29 is 18.4 Å². The lowest BCUT2D eigenvalue weighted by atomic mass is 10.3. The molecule has 66 valence electrons. The van der Waals surface area contributed by atoms with Crippen LogP contribution in [0.2, 0.25) is 0 Å². The van der Waals surface area contributed by atoms with Crippen molar-refractivity contribution in [2.45, 2.75) is 13.6 Å². The van der Waals surface area contributed by atoms with Crippen LogP contribution >= 0.6 is 0 Å². The van der Waals surface area contributed by atoms with Crippen molar-refractivity contribution >= 4 is 5.97 Å². The van der Waals surface area contributed by atoms with Crippen molar-refractivity contribution in [3.05, 3.63) is 17.5 Å². The summed E-state index contributed by atoms with van der Waals surface area (Å²) in [6.07, 6.45) is 1.08. The molecule has 1 rings (SSSR count). The highest BCUT2D eigenvalue weighted by Gasteiger charge is 2.16. The molecule has 0 N–H and O–H groups in total. The number of ether oxygens (including phenoxy) is 1. The molecule has 5 heteroatoms. The van der Waals surface area contributed by atoms with Gasteiger partial charge in [0, 0.05) is 0 Å². The largest absolute Gasteiger partial charge is 0.462 e. The highest BCUT2D eigenvalue weighted by Crippen LogP contribution is 2.09. The van der Waals surface area contributed by atoms with Crippen LogP contribution in [0.3, 0.4) is 0 Å². The number of esters is 1. The minimum absolute atomic E-state index is 0.0200. The monoisotopic (exact) mass is 173 g/mol. The van der Waals surface area contributed by atoms with E-state index in [4.69, 9.17) is 0 Å². The Kier molecular flexibility index (Phi) is 2.79. The molecular weight excluding hydrogens is 165 g/mol. The minimum atomic E-state index is -0.829. The zero-order valence-electron chi connectivity index (χ0n) is 6.54. The van der Waals surface area contributed by atoms with Gasteiger partial charge >= 0.3 is 5.97 Å². The van der Waals surface area contributed by atoms with Gasteiger partial charge in [-0.05, 0) is 6.92 Å². The van der Waals surface area contributed by atoms with Crippen LogP contribution in [-0.4, -0.2) is 17.7 Å². The normalized spacial score (nSPS) is 9.83. The second-order valence-corrected chi connectivity index (χ2v) is 2.03. The van der Waals surface area contributed by atoms with Gasteiger partial charge in [0.1, 0.15) is 24.2 Å². The van der Waals surface area contributed by atoms with Crippen LogP contribution in [0, 0.1) is 0 Å². The Balaban J connectivity index is 2.79. The van der Waals surface area contributed by atoms with Crippen molar-refractivity contribution in [1.29, 1.82) is 0 Å². The maximum absolute atomic E-state index is 12.1. The molecule has 0 spiro atoms. The molecule has 0 aliphatic heterocycles. The Morgan fingerprint density at radius 1 is 1.83 bits per heavy atom. The molecule has 0 unspecified atom stereocenters. The number of aromatic nitrogens is 1. The third-order valence-corrected chi connectivity index (χ3v) is 1.27. The van der Waals surface area contributed by atoms with Gasteiger partial charge < -0.3 is 9.26 Å². The van der Waals surface area contributed by atoms with E-state index < -0.39 is 12.6 Å². The number of carbonyl (C=O) groups excluding carboxylic acids is 1. The summed E-state index contributed by atoms with van der Waals surface area (Å²) >= 11 is 0. The van der Waals surface area contributed by atoms with Crippen molar-refractivity contribution in [2.75, 3.05) is 6.61 Å². The lowest BCUT2D eigenvalue weighted by Gasteiger charge is -1.97. The van der Waals surface area contributed by atoms with Crippen LogP contribution < -0.4 is 0 Å². The van der Waals surface area contributed by atoms with Gasteiger partial charge in [0.2, 0.25) is 0 Å². The molecule has 0 saturated carbocycles. The second-order valence-electron chi connectivity index (χ2n) is 2.03. The average Bonchev–Trinajstić information content (AvgIpc) is 2.51. The maximum atomic E-state index is 12.1. The maximum Gasteiger partial charge on any atom is 0.343 e. The fraction of sp³-hybridized carbons (Fsp3) is 0.429. The standard InChI is InChI=1S/C7H8FNO3/c1-2-11-7(10)5-4-12-9-6(5)3-8/h4H,2-3H2,1H3. The fourth-order valence-corrected chi connectivity index (χ4v) is 0.731. The van der Waals surface area contributed by atoms with Gasteiger partial charge in [-0.15, -0.1) is 0 Å². The topological polar surface area (TPSA) is 52.3 Å². The molecule has 0 aliphatic rings. The molecule has 0 fully saturated rings. The Morgan fingerprint density at radius 2 is 2.58 bits per heavy atom. The number of hydrogen-bond acceptors (Lipinski definition) is 4. The second kappa shape index (κ2) is 3.85. The average molecular weight is 173 g/mol. The van der Waals surface area contributed by atoms with Crippen molar-refractivity contribution in [2.24, 2.45) is 0 Å². The third kappa shape index (κ3) is 1.61. The smallest absolute Gasteiger partial charge is 0.343 e. The molecule has 0 bridgehead atoms. The van der Waals surface area contributed by atoms with Crippen molar-refractivity contribution in [3.63, 3.8) is 0 Å². The quantitative estimate of drug-likeness (QED) is 0.647. The SMILES string of the molecule is CCOC(=O)c1conc1CF. The Hall–Kier alpha value is -1.39. The van der Waals surface area contributed by atoms with E-state index in [0.29, 0.717) is 0 Å². The lowest BCUT2D eigenvalue weighted by molar-refractivity contribution is 0.0523. The zero-order chi connectivity index (χ0) is 8.97. The van der Waals surface area contributed by atoms with Gasteiger partial charge in [-0.25, -0.2) is 9.18 Å². The van der Waals surface area contributed by atoms with Crippen molar-refractivity contribution in [3.8, 4) is 0 Å². The Morgan fingerprint density at radius 3 is 3.17 bits per heavy atom. The molecule has 12 heavy (non-hydrogen) atoms. The molecule has 0 amide bonds. The summed E-state index contributed by atoms with van der Waals surface area (Å²) in [7, 11) is 0. The van der Waals surface area contributed by atoms with E-state index in [0.717, 1.165) is 6.26 Å². The number of rotatable bonds is 3. The number of nitrogens with zero attached hydrogens (tertiary/aromatic N) is 1. The van der Waals surface area contributed by atoms with Crippen LogP contribution in [-0.2, 0) is 11.4 Å². The summed E-state index contributed by atoms with van der Waals surface area (Å²) in [5, 5.41) is 3.29. The van der Waals surface area contributed by atoms with Crippen LogP contribution in [0.15, 0.2) is 10.8 Å².